The van der Waals surface area contributed by atoms with Crippen LogP contribution in [0.5, 0.6) is 0 Å². The van der Waals surface area contributed by atoms with Crippen molar-refractivity contribution < 1.29 is 4.42 Å². The molecule has 66 heavy (non-hydrogen) atoms. The van der Waals surface area contributed by atoms with Crippen LogP contribution in [-0.4, -0.2) is 7.05 Å². The minimum atomic E-state index is -0.211. The smallest absolute Gasteiger partial charge is 0.135 e. The maximum Gasteiger partial charge on any atom is 0.135 e. The molecule has 2 aliphatic rings. The number of rotatable bonds is 6. The monoisotopic (exact) mass is 847 g/mol. The van der Waals surface area contributed by atoms with Crippen LogP contribution in [0, 0.1) is 0 Å². The van der Waals surface area contributed by atoms with Crippen LogP contribution in [0.15, 0.2) is 223 Å². The van der Waals surface area contributed by atoms with Gasteiger partial charge in [-0.1, -0.05) is 141 Å². The fourth-order valence-electron chi connectivity index (χ4n) is 10.8. The van der Waals surface area contributed by atoms with Gasteiger partial charge >= 0.3 is 0 Å². The van der Waals surface area contributed by atoms with E-state index in [-0.39, 0.29) is 5.41 Å². The Kier molecular flexibility index (Phi) is 8.44. The summed E-state index contributed by atoms with van der Waals surface area (Å²) in [5, 5.41) is 4.74. The standard InChI is InChI=1S/C62H45N3O/c1-62(2)53-37-43(42-28-35-61-52(36-42)51-19-9-12-23-60(51)66-61)26-32-49(53)50-33-31-47(39-54(50)62)65-57-21-11-10-20-56(57)63(3)59-38-44(27-34-58(59)65)40-24-29-46(30-25-40)64(45-16-5-4-6-17-45)55-22-13-15-41-14-7-8-18-48(41)55/h4-39H,1-3H3. The summed E-state index contributed by atoms with van der Waals surface area (Å²) in [6, 6.07) is 79.6. The highest BCUT2D eigenvalue weighted by Gasteiger charge is 2.37. The number of hydrogen-bond acceptors (Lipinski definition) is 4. The van der Waals surface area contributed by atoms with E-state index in [4.69, 9.17) is 4.42 Å². The summed E-state index contributed by atoms with van der Waals surface area (Å²) in [5.74, 6) is 0. The van der Waals surface area contributed by atoms with Gasteiger partial charge in [-0.05, 0) is 141 Å². The molecular weight excluding hydrogens is 803 g/mol. The molecule has 2 heterocycles. The lowest BCUT2D eigenvalue weighted by atomic mass is 9.81. The van der Waals surface area contributed by atoms with E-state index in [1.165, 1.54) is 61.0 Å². The van der Waals surface area contributed by atoms with Gasteiger partial charge in [0.2, 0.25) is 0 Å². The molecule has 1 aromatic heterocycles. The molecule has 0 fully saturated rings. The van der Waals surface area contributed by atoms with Gasteiger partial charge in [0.15, 0.2) is 0 Å². The first-order valence-corrected chi connectivity index (χ1v) is 22.8. The minimum Gasteiger partial charge on any atom is -0.456 e. The minimum absolute atomic E-state index is 0.211. The summed E-state index contributed by atoms with van der Waals surface area (Å²) in [6.07, 6.45) is 0. The zero-order valence-corrected chi connectivity index (χ0v) is 37.0. The third-order valence-corrected chi connectivity index (χ3v) is 14.2. The Morgan fingerprint density at radius 3 is 1.85 bits per heavy atom. The Labute approximate surface area is 384 Å². The van der Waals surface area contributed by atoms with Crippen LogP contribution in [-0.2, 0) is 5.41 Å². The van der Waals surface area contributed by atoms with Crippen molar-refractivity contribution in [2.24, 2.45) is 0 Å². The molecule has 0 N–H and O–H groups in total. The van der Waals surface area contributed by atoms with Gasteiger partial charge in [0, 0.05) is 45.7 Å². The number of nitrogens with zero attached hydrogens (tertiary/aromatic N) is 3. The van der Waals surface area contributed by atoms with Gasteiger partial charge in [0.1, 0.15) is 11.2 Å². The van der Waals surface area contributed by atoms with Crippen LogP contribution in [0.3, 0.4) is 0 Å². The molecule has 4 nitrogen and oxygen atoms in total. The summed E-state index contributed by atoms with van der Waals surface area (Å²) < 4.78 is 6.17. The molecule has 13 rings (SSSR count). The molecule has 0 bridgehead atoms. The van der Waals surface area contributed by atoms with E-state index >= 15 is 0 Å². The van der Waals surface area contributed by atoms with Crippen molar-refractivity contribution in [2.45, 2.75) is 19.3 Å². The van der Waals surface area contributed by atoms with Crippen molar-refractivity contribution >= 4 is 78.2 Å². The summed E-state index contributed by atoms with van der Waals surface area (Å²) in [5.41, 5.74) is 20.9. The lowest BCUT2D eigenvalue weighted by Gasteiger charge is -2.39. The summed E-state index contributed by atoms with van der Waals surface area (Å²) in [6.45, 7) is 4.76. The molecule has 0 saturated heterocycles. The molecule has 0 amide bonds. The molecule has 4 heteroatoms. The number of anilines is 8. The average Bonchev–Trinajstić information content (AvgIpc) is 3.85. The van der Waals surface area contributed by atoms with E-state index < -0.39 is 0 Å². The van der Waals surface area contributed by atoms with Gasteiger partial charge in [-0.3, -0.25) is 0 Å². The third-order valence-electron chi connectivity index (χ3n) is 14.2. The second kappa shape index (κ2) is 14.6. The summed E-state index contributed by atoms with van der Waals surface area (Å²) in [7, 11) is 2.19. The molecule has 11 aromatic rings. The molecule has 0 atom stereocenters. The predicted octanol–water partition coefficient (Wildman–Crippen LogP) is 17.4. The Bertz CT molecular complexity index is 3710. The first-order valence-electron chi connectivity index (χ1n) is 22.8. The summed E-state index contributed by atoms with van der Waals surface area (Å²) in [4.78, 5) is 7.16. The third kappa shape index (κ3) is 5.85. The van der Waals surface area contributed by atoms with Crippen molar-refractivity contribution in [3.63, 3.8) is 0 Å². The van der Waals surface area contributed by atoms with Crippen LogP contribution in [0.1, 0.15) is 25.0 Å². The molecular formula is C62H45N3O. The van der Waals surface area contributed by atoms with E-state index in [9.17, 15) is 0 Å². The van der Waals surface area contributed by atoms with E-state index in [0.29, 0.717) is 0 Å². The summed E-state index contributed by atoms with van der Waals surface area (Å²) >= 11 is 0. The van der Waals surface area contributed by atoms with Crippen molar-refractivity contribution in [1.82, 2.24) is 0 Å². The average molecular weight is 848 g/mol. The lowest BCUT2D eigenvalue weighted by Crippen LogP contribution is -2.24. The number of para-hydroxylation sites is 4. The number of fused-ring (bicyclic) bond motifs is 9. The topological polar surface area (TPSA) is 22.9 Å². The Hall–Kier alpha value is -8.34. The van der Waals surface area contributed by atoms with Crippen LogP contribution >= 0.6 is 0 Å². The maximum absolute atomic E-state index is 6.17. The zero-order valence-electron chi connectivity index (χ0n) is 37.0. The first kappa shape index (κ1) is 38.1. The van der Waals surface area contributed by atoms with Gasteiger partial charge in [-0.2, -0.15) is 0 Å². The van der Waals surface area contributed by atoms with Crippen LogP contribution < -0.4 is 14.7 Å². The Balaban J connectivity index is 0.858. The Morgan fingerprint density at radius 2 is 1.00 bits per heavy atom. The molecule has 10 aromatic carbocycles. The second-order valence-electron chi connectivity index (χ2n) is 18.2. The maximum atomic E-state index is 6.17. The van der Waals surface area contributed by atoms with Gasteiger partial charge in [0.25, 0.3) is 0 Å². The van der Waals surface area contributed by atoms with Crippen molar-refractivity contribution in [3.05, 3.63) is 230 Å². The number of benzene rings is 10. The van der Waals surface area contributed by atoms with Crippen molar-refractivity contribution in [2.75, 3.05) is 21.7 Å². The number of hydrogen-bond donors (Lipinski definition) is 0. The largest absolute Gasteiger partial charge is 0.456 e. The highest BCUT2D eigenvalue weighted by Crippen LogP contribution is 2.55. The van der Waals surface area contributed by atoms with E-state index in [1.54, 1.807) is 0 Å². The molecule has 0 spiro atoms. The molecule has 0 saturated carbocycles. The predicted molar refractivity (Wildman–Crippen MR) is 277 cm³/mol. The fourth-order valence-corrected chi connectivity index (χ4v) is 10.8. The van der Waals surface area contributed by atoms with Gasteiger partial charge < -0.3 is 19.1 Å². The van der Waals surface area contributed by atoms with Crippen molar-refractivity contribution in [3.8, 4) is 33.4 Å². The molecule has 1 aliphatic heterocycles. The quantitative estimate of drug-likeness (QED) is 0.166. The number of furan rings is 1. The molecule has 0 radical (unpaired) electrons. The van der Waals surface area contributed by atoms with Gasteiger partial charge in [-0.15, -0.1) is 0 Å². The van der Waals surface area contributed by atoms with E-state index in [2.05, 4.69) is 242 Å². The van der Waals surface area contributed by atoms with E-state index in [0.717, 1.165) is 61.8 Å². The van der Waals surface area contributed by atoms with Gasteiger partial charge in [-0.25, -0.2) is 0 Å². The highest BCUT2D eigenvalue weighted by molar-refractivity contribution is 6.07. The van der Waals surface area contributed by atoms with E-state index in [1.807, 2.05) is 12.1 Å². The van der Waals surface area contributed by atoms with Crippen LogP contribution in [0.4, 0.5) is 45.5 Å². The molecule has 314 valence electrons. The second-order valence-corrected chi connectivity index (χ2v) is 18.2. The van der Waals surface area contributed by atoms with Gasteiger partial charge in [0.05, 0.1) is 28.4 Å². The first-order chi connectivity index (χ1) is 32.4. The molecule has 0 unspecified atom stereocenters. The SMILES string of the molecule is CN1c2ccccc2N(c2ccc3c(c2)C(C)(C)c2cc(-c4ccc5oc6ccccc6c5c4)ccc2-3)c2ccc(-c3ccc(N(c4ccccc4)c4cccc5ccccc45)cc3)cc21. The lowest BCUT2D eigenvalue weighted by molar-refractivity contribution is 0.660. The zero-order chi connectivity index (χ0) is 44.1. The fraction of sp³-hybridized carbons (Fsp3) is 0.0645. The van der Waals surface area contributed by atoms with Crippen molar-refractivity contribution in [1.29, 1.82) is 0 Å². The Morgan fingerprint density at radius 1 is 0.409 bits per heavy atom. The normalized spacial score (nSPS) is 13.4. The van der Waals surface area contributed by atoms with Crippen LogP contribution in [0.2, 0.25) is 0 Å². The molecule has 1 aliphatic carbocycles. The van der Waals surface area contributed by atoms with Crippen LogP contribution in [0.25, 0.3) is 66.1 Å². The highest BCUT2D eigenvalue weighted by atomic mass is 16.3.